The van der Waals surface area contributed by atoms with Crippen LogP contribution < -0.4 is 19.7 Å². The normalized spacial score (nSPS) is 13.7. The Morgan fingerprint density at radius 1 is 1.04 bits per heavy atom. The first-order valence-corrected chi connectivity index (χ1v) is 8.67. The lowest BCUT2D eigenvalue weighted by Crippen LogP contribution is -2.50. The van der Waals surface area contributed by atoms with Crippen LogP contribution in [-0.4, -0.2) is 51.3 Å². The second-order valence-corrected chi connectivity index (χ2v) is 6.13. The zero-order chi connectivity index (χ0) is 19.2. The molecule has 2 aromatic rings. The Morgan fingerprint density at radius 3 is 2.33 bits per heavy atom. The van der Waals surface area contributed by atoms with E-state index in [4.69, 9.17) is 14.7 Å². The van der Waals surface area contributed by atoms with Gasteiger partial charge in [-0.1, -0.05) is 0 Å². The van der Waals surface area contributed by atoms with E-state index in [-0.39, 0.29) is 6.03 Å². The third-order valence-electron chi connectivity index (χ3n) is 4.58. The van der Waals surface area contributed by atoms with E-state index in [1.54, 1.807) is 37.3 Å². The molecule has 0 unspecified atom stereocenters. The van der Waals surface area contributed by atoms with Crippen LogP contribution in [0.3, 0.4) is 0 Å². The first-order valence-electron chi connectivity index (χ1n) is 8.67. The number of hydrogen-bond donors (Lipinski definition) is 1. The zero-order valence-electron chi connectivity index (χ0n) is 15.4. The van der Waals surface area contributed by atoms with Crippen LogP contribution in [0.15, 0.2) is 42.5 Å². The van der Waals surface area contributed by atoms with Gasteiger partial charge in [0.1, 0.15) is 11.5 Å². The molecule has 27 heavy (non-hydrogen) atoms. The number of nitriles is 1. The van der Waals surface area contributed by atoms with Crippen LogP contribution in [0.25, 0.3) is 0 Å². The van der Waals surface area contributed by atoms with Gasteiger partial charge in [0.05, 0.1) is 31.5 Å². The second kappa shape index (κ2) is 8.32. The van der Waals surface area contributed by atoms with Crippen LogP contribution in [0.2, 0.25) is 0 Å². The van der Waals surface area contributed by atoms with Gasteiger partial charge in [-0.05, 0) is 36.4 Å². The molecular weight excluding hydrogens is 344 g/mol. The number of amides is 2. The first kappa shape index (κ1) is 18.4. The summed E-state index contributed by atoms with van der Waals surface area (Å²) in [6, 6.07) is 14.7. The minimum Gasteiger partial charge on any atom is -0.497 e. The predicted molar refractivity (Wildman–Crippen MR) is 104 cm³/mol. The van der Waals surface area contributed by atoms with E-state index in [0.717, 1.165) is 18.8 Å². The van der Waals surface area contributed by atoms with E-state index in [0.29, 0.717) is 35.8 Å². The van der Waals surface area contributed by atoms with Crippen molar-refractivity contribution in [3.05, 3.63) is 48.0 Å². The highest BCUT2D eigenvalue weighted by atomic mass is 16.5. The average Bonchev–Trinajstić information content (AvgIpc) is 2.73. The van der Waals surface area contributed by atoms with Crippen LogP contribution in [0.5, 0.6) is 11.5 Å². The molecule has 0 aromatic heterocycles. The highest BCUT2D eigenvalue weighted by molar-refractivity contribution is 5.91. The van der Waals surface area contributed by atoms with Gasteiger partial charge >= 0.3 is 6.03 Å². The molecule has 2 amide bonds. The van der Waals surface area contributed by atoms with Crippen molar-refractivity contribution in [2.75, 3.05) is 50.6 Å². The molecule has 0 bridgehead atoms. The molecule has 0 atom stereocenters. The Morgan fingerprint density at radius 2 is 1.74 bits per heavy atom. The molecule has 1 heterocycles. The van der Waals surface area contributed by atoms with Crippen molar-refractivity contribution >= 4 is 17.4 Å². The Hall–Kier alpha value is -3.40. The zero-order valence-corrected chi connectivity index (χ0v) is 15.4. The summed E-state index contributed by atoms with van der Waals surface area (Å²) < 4.78 is 10.5. The highest BCUT2D eigenvalue weighted by Gasteiger charge is 2.22. The fourth-order valence-corrected chi connectivity index (χ4v) is 3.02. The molecule has 3 rings (SSSR count). The lowest BCUT2D eigenvalue weighted by atomic mass is 10.2. The van der Waals surface area contributed by atoms with Crippen molar-refractivity contribution in [2.24, 2.45) is 0 Å². The number of piperazine rings is 1. The van der Waals surface area contributed by atoms with Gasteiger partial charge in [-0.2, -0.15) is 5.26 Å². The van der Waals surface area contributed by atoms with Gasteiger partial charge in [-0.25, -0.2) is 4.79 Å². The van der Waals surface area contributed by atoms with Crippen molar-refractivity contribution in [3.63, 3.8) is 0 Å². The number of nitrogens with zero attached hydrogens (tertiary/aromatic N) is 3. The summed E-state index contributed by atoms with van der Waals surface area (Å²) in [7, 11) is 3.14. The number of ether oxygens (including phenoxy) is 2. The van der Waals surface area contributed by atoms with Crippen molar-refractivity contribution in [1.82, 2.24) is 4.90 Å². The van der Waals surface area contributed by atoms with E-state index in [2.05, 4.69) is 16.3 Å². The molecule has 1 saturated heterocycles. The number of carbonyl (C=O) groups excluding carboxylic acids is 1. The van der Waals surface area contributed by atoms with Gasteiger partial charge in [0, 0.05) is 37.9 Å². The maximum absolute atomic E-state index is 12.6. The van der Waals surface area contributed by atoms with Crippen LogP contribution in [0, 0.1) is 11.3 Å². The van der Waals surface area contributed by atoms with Crippen molar-refractivity contribution in [1.29, 1.82) is 5.26 Å². The molecule has 2 aromatic carbocycles. The molecule has 1 fully saturated rings. The summed E-state index contributed by atoms with van der Waals surface area (Å²) in [5.41, 5.74) is 2.28. The molecule has 1 aliphatic heterocycles. The van der Waals surface area contributed by atoms with Gasteiger partial charge in [-0.3, -0.25) is 0 Å². The molecule has 0 aliphatic carbocycles. The van der Waals surface area contributed by atoms with Crippen molar-refractivity contribution in [2.45, 2.75) is 0 Å². The lowest BCUT2D eigenvalue weighted by Gasteiger charge is -2.36. The number of rotatable bonds is 4. The Bertz CT molecular complexity index is 837. The maximum atomic E-state index is 12.6. The first-order chi connectivity index (χ1) is 13.1. The Kier molecular flexibility index (Phi) is 5.67. The molecule has 0 saturated carbocycles. The van der Waals surface area contributed by atoms with Gasteiger partial charge < -0.3 is 24.6 Å². The minimum atomic E-state index is -0.166. The summed E-state index contributed by atoms with van der Waals surface area (Å²) in [5.74, 6) is 1.23. The van der Waals surface area contributed by atoms with E-state index < -0.39 is 0 Å². The van der Waals surface area contributed by atoms with Gasteiger partial charge in [0.2, 0.25) is 0 Å². The summed E-state index contributed by atoms with van der Waals surface area (Å²) >= 11 is 0. The lowest BCUT2D eigenvalue weighted by molar-refractivity contribution is 0.208. The standard InChI is InChI=1S/C20H22N4O3/c1-26-17-7-8-19(27-2)18(13-17)22-20(25)24-11-9-23(10-12-24)16-5-3-15(14-21)4-6-16/h3-8,13H,9-12H2,1-2H3,(H,22,25). The minimum absolute atomic E-state index is 0.166. The smallest absolute Gasteiger partial charge is 0.322 e. The molecular formula is C20H22N4O3. The second-order valence-electron chi connectivity index (χ2n) is 6.13. The number of nitrogens with one attached hydrogen (secondary N) is 1. The van der Waals surface area contributed by atoms with Gasteiger partial charge in [0.15, 0.2) is 0 Å². The van der Waals surface area contributed by atoms with Gasteiger partial charge in [0.25, 0.3) is 0 Å². The van der Waals surface area contributed by atoms with Crippen LogP contribution in [0.1, 0.15) is 5.56 Å². The van der Waals surface area contributed by atoms with E-state index in [9.17, 15) is 4.79 Å². The fourth-order valence-electron chi connectivity index (χ4n) is 3.02. The monoisotopic (exact) mass is 366 g/mol. The summed E-state index contributed by atoms with van der Waals surface area (Å²) in [6.07, 6.45) is 0. The summed E-state index contributed by atoms with van der Waals surface area (Å²) in [6.45, 7) is 2.68. The van der Waals surface area contributed by atoms with Crippen molar-refractivity contribution in [3.8, 4) is 17.6 Å². The van der Waals surface area contributed by atoms with E-state index in [1.165, 1.54) is 0 Å². The third-order valence-corrected chi connectivity index (χ3v) is 4.58. The molecule has 1 N–H and O–H groups in total. The summed E-state index contributed by atoms with van der Waals surface area (Å²) in [5, 5.41) is 11.8. The largest absolute Gasteiger partial charge is 0.497 e. The quantitative estimate of drug-likeness (QED) is 0.900. The number of hydrogen-bond acceptors (Lipinski definition) is 5. The number of methoxy groups -OCH3 is 2. The summed E-state index contributed by atoms with van der Waals surface area (Å²) in [4.78, 5) is 16.6. The van der Waals surface area contributed by atoms with Gasteiger partial charge in [-0.15, -0.1) is 0 Å². The van der Waals surface area contributed by atoms with Crippen LogP contribution in [-0.2, 0) is 0 Å². The topological polar surface area (TPSA) is 77.8 Å². The van der Waals surface area contributed by atoms with E-state index in [1.807, 2.05) is 24.3 Å². The Labute approximate surface area is 158 Å². The number of carbonyl (C=O) groups is 1. The molecule has 0 spiro atoms. The predicted octanol–water partition coefficient (Wildman–Crippen LogP) is 2.93. The highest BCUT2D eigenvalue weighted by Crippen LogP contribution is 2.29. The molecule has 140 valence electrons. The average molecular weight is 366 g/mol. The van der Waals surface area contributed by atoms with Crippen molar-refractivity contribution < 1.29 is 14.3 Å². The Balaban J connectivity index is 1.61. The van der Waals surface area contributed by atoms with Crippen LogP contribution in [0.4, 0.5) is 16.2 Å². The van der Waals surface area contributed by atoms with Crippen LogP contribution >= 0.6 is 0 Å². The molecule has 1 aliphatic rings. The molecule has 7 nitrogen and oxygen atoms in total. The number of urea groups is 1. The third kappa shape index (κ3) is 4.23. The fraction of sp³-hybridized carbons (Fsp3) is 0.300. The number of benzene rings is 2. The molecule has 7 heteroatoms. The molecule has 0 radical (unpaired) electrons. The maximum Gasteiger partial charge on any atom is 0.322 e. The van der Waals surface area contributed by atoms with E-state index >= 15 is 0 Å². The number of anilines is 2. The SMILES string of the molecule is COc1ccc(OC)c(NC(=O)N2CCN(c3ccc(C#N)cc3)CC2)c1.